The van der Waals surface area contributed by atoms with Crippen LogP contribution in [0.2, 0.25) is 0 Å². The van der Waals surface area contributed by atoms with E-state index >= 15 is 0 Å². The van der Waals surface area contributed by atoms with Crippen LogP contribution in [-0.2, 0) is 4.74 Å². The number of rotatable bonds is 2. The highest BCUT2D eigenvalue weighted by atomic mass is 16.5. The summed E-state index contributed by atoms with van der Waals surface area (Å²) in [7, 11) is 0. The highest BCUT2D eigenvalue weighted by molar-refractivity contribution is 5.95. The molecule has 2 rings (SSSR count). The summed E-state index contributed by atoms with van der Waals surface area (Å²) in [6.45, 7) is 5.11. The van der Waals surface area contributed by atoms with E-state index in [1.54, 1.807) is 6.20 Å². The number of nitrogens with zero attached hydrogens (tertiary/aromatic N) is 1. The van der Waals surface area contributed by atoms with E-state index in [0.29, 0.717) is 18.8 Å². The van der Waals surface area contributed by atoms with Crippen molar-refractivity contribution in [2.24, 2.45) is 0 Å². The van der Waals surface area contributed by atoms with Crippen molar-refractivity contribution in [3.8, 4) is 0 Å². The Morgan fingerprint density at radius 2 is 2.53 bits per heavy atom. The van der Waals surface area contributed by atoms with Crippen LogP contribution in [0.3, 0.4) is 0 Å². The predicted octanol–water partition coefficient (Wildman–Crippen LogP) is 0.627. The summed E-state index contributed by atoms with van der Waals surface area (Å²) in [6, 6.07) is 0. The second-order valence-corrected chi connectivity index (χ2v) is 4.23. The zero-order valence-corrected chi connectivity index (χ0v) is 8.96. The predicted molar refractivity (Wildman–Crippen MR) is 54.6 cm³/mol. The Kier molecular flexibility index (Phi) is 2.48. The molecule has 5 nitrogen and oxygen atoms in total. The van der Waals surface area contributed by atoms with E-state index < -0.39 is 0 Å². The normalized spacial score (nSPS) is 25.5. The van der Waals surface area contributed by atoms with Gasteiger partial charge in [-0.1, -0.05) is 0 Å². The highest BCUT2D eigenvalue weighted by Gasteiger charge is 2.31. The van der Waals surface area contributed by atoms with Gasteiger partial charge in [-0.05, 0) is 20.3 Å². The molecule has 0 radical (unpaired) electrons. The maximum absolute atomic E-state index is 11.9. The Morgan fingerprint density at radius 1 is 1.73 bits per heavy atom. The number of aryl methyl sites for hydroxylation is 1. The molecule has 1 fully saturated rings. The summed E-state index contributed by atoms with van der Waals surface area (Å²) >= 11 is 0. The lowest BCUT2D eigenvalue weighted by Crippen LogP contribution is -2.46. The minimum Gasteiger partial charge on any atom is -0.379 e. The molecule has 1 atom stereocenters. The number of aromatic amines is 1. The maximum atomic E-state index is 11.9. The first-order valence-electron chi connectivity index (χ1n) is 5.01. The van der Waals surface area contributed by atoms with Crippen molar-refractivity contribution in [1.82, 2.24) is 15.5 Å². The first kappa shape index (κ1) is 10.2. The summed E-state index contributed by atoms with van der Waals surface area (Å²) in [6.07, 6.45) is 2.40. The molecule has 1 aromatic heterocycles. The van der Waals surface area contributed by atoms with E-state index in [9.17, 15) is 4.79 Å². The first-order valence-corrected chi connectivity index (χ1v) is 5.01. The van der Waals surface area contributed by atoms with Gasteiger partial charge >= 0.3 is 0 Å². The lowest BCUT2D eigenvalue weighted by Gasteiger charge is -2.23. The lowest BCUT2D eigenvalue weighted by molar-refractivity contribution is 0.0889. The fourth-order valence-corrected chi connectivity index (χ4v) is 1.69. The molecule has 1 saturated heterocycles. The monoisotopic (exact) mass is 209 g/mol. The van der Waals surface area contributed by atoms with Gasteiger partial charge in [0.1, 0.15) is 0 Å². The van der Waals surface area contributed by atoms with Gasteiger partial charge in [0.05, 0.1) is 23.9 Å². The third-order valence-corrected chi connectivity index (χ3v) is 2.71. The second kappa shape index (κ2) is 3.66. The van der Waals surface area contributed by atoms with Gasteiger partial charge in [0.25, 0.3) is 5.91 Å². The van der Waals surface area contributed by atoms with E-state index in [1.165, 1.54) is 0 Å². The van der Waals surface area contributed by atoms with Crippen LogP contribution < -0.4 is 5.32 Å². The summed E-state index contributed by atoms with van der Waals surface area (Å²) in [4.78, 5) is 11.9. The number of H-pyrrole nitrogens is 1. The van der Waals surface area contributed by atoms with Crippen molar-refractivity contribution in [2.45, 2.75) is 25.8 Å². The van der Waals surface area contributed by atoms with E-state index in [2.05, 4.69) is 15.5 Å². The van der Waals surface area contributed by atoms with Crippen LogP contribution in [0.15, 0.2) is 6.20 Å². The van der Waals surface area contributed by atoms with Crippen LogP contribution in [0.1, 0.15) is 29.4 Å². The zero-order valence-electron chi connectivity index (χ0n) is 8.96. The summed E-state index contributed by atoms with van der Waals surface area (Å²) in [5, 5.41) is 9.54. The summed E-state index contributed by atoms with van der Waals surface area (Å²) < 4.78 is 5.27. The van der Waals surface area contributed by atoms with Gasteiger partial charge in [0.2, 0.25) is 0 Å². The fraction of sp³-hybridized carbons (Fsp3) is 0.600. The minimum atomic E-state index is -0.235. The fourth-order valence-electron chi connectivity index (χ4n) is 1.69. The molecule has 0 aliphatic carbocycles. The molecule has 1 aromatic rings. The van der Waals surface area contributed by atoms with Crippen molar-refractivity contribution in [1.29, 1.82) is 0 Å². The number of amides is 1. The molecule has 0 bridgehead atoms. The topological polar surface area (TPSA) is 67.0 Å². The minimum absolute atomic E-state index is 0.0887. The lowest BCUT2D eigenvalue weighted by atomic mass is 10.0. The van der Waals surface area contributed by atoms with E-state index in [1.807, 2.05) is 13.8 Å². The molecule has 1 amide bonds. The molecular formula is C10H15N3O2. The number of hydrogen-bond donors (Lipinski definition) is 2. The van der Waals surface area contributed by atoms with Crippen molar-refractivity contribution in [2.75, 3.05) is 13.2 Å². The van der Waals surface area contributed by atoms with Crippen LogP contribution >= 0.6 is 0 Å². The van der Waals surface area contributed by atoms with Gasteiger partial charge in [-0.2, -0.15) is 5.10 Å². The van der Waals surface area contributed by atoms with E-state index in [-0.39, 0.29) is 11.4 Å². The molecule has 5 heteroatoms. The van der Waals surface area contributed by atoms with E-state index in [4.69, 9.17) is 4.74 Å². The Bertz CT molecular complexity index is 366. The average molecular weight is 209 g/mol. The standard InChI is InChI=1S/C10H15N3O2/c1-7-8(5-11-13-7)9(14)12-10(2)3-4-15-6-10/h5H,3-4,6H2,1-2H3,(H,11,13)(H,12,14). The zero-order chi connectivity index (χ0) is 10.9. The van der Waals surface area contributed by atoms with Crippen LogP contribution in [0.5, 0.6) is 0 Å². The van der Waals surface area contributed by atoms with Crippen LogP contribution in [0.4, 0.5) is 0 Å². The Labute approximate surface area is 88.2 Å². The molecule has 0 saturated carbocycles. The van der Waals surface area contributed by atoms with Gasteiger partial charge in [-0.3, -0.25) is 9.89 Å². The number of carbonyl (C=O) groups excluding carboxylic acids is 1. The third kappa shape index (κ3) is 2.02. The second-order valence-electron chi connectivity index (χ2n) is 4.23. The Balaban J connectivity index is 2.07. The summed E-state index contributed by atoms with van der Waals surface area (Å²) in [5.74, 6) is -0.0887. The molecule has 2 heterocycles. The van der Waals surface area contributed by atoms with Gasteiger partial charge in [0.15, 0.2) is 0 Å². The summed E-state index contributed by atoms with van der Waals surface area (Å²) in [5.41, 5.74) is 1.15. The molecule has 1 aliphatic heterocycles. The SMILES string of the molecule is Cc1[nH]ncc1C(=O)NC1(C)CCOC1. The number of ether oxygens (including phenoxy) is 1. The van der Waals surface area contributed by atoms with Gasteiger partial charge in [0, 0.05) is 12.3 Å². The highest BCUT2D eigenvalue weighted by Crippen LogP contribution is 2.18. The van der Waals surface area contributed by atoms with Crippen molar-refractivity contribution < 1.29 is 9.53 Å². The molecule has 1 aliphatic rings. The van der Waals surface area contributed by atoms with Crippen molar-refractivity contribution >= 4 is 5.91 Å². The molecule has 1 unspecified atom stereocenters. The number of nitrogens with one attached hydrogen (secondary N) is 2. The Hall–Kier alpha value is -1.36. The van der Waals surface area contributed by atoms with Gasteiger partial charge in [-0.25, -0.2) is 0 Å². The van der Waals surface area contributed by atoms with Crippen molar-refractivity contribution in [3.05, 3.63) is 17.5 Å². The molecule has 15 heavy (non-hydrogen) atoms. The molecule has 2 N–H and O–H groups in total. The average Bonchev–Trinajstić information content (AvgIpc) is 2.74. The first-order chi connectivity index (χ1) is 7.11. The largest absolute Gasteiger partial charge is 0.379 e. The van der Waals surface area contributed by atoms with Crippen molar-refractivity contribution in [3.63, 3.8) is 0 Å². The van der Waals surface area contributed by atoms with E-state index in [0.717, 1.165) is 12.1 Å². The number of hydrogen-bond acceptors (Lipinski definition) is 3. The van der Waals surface area contributed by atoms with Gasteiger partial charge < -0.3 is 10.1 Å². The molecule has 0 spiro atoms. The number of carbonyl (C=O) groups is 1. The van der Waals surface area contributed by atoms with Crippen LogP contribution in [0.25, 0.3) is 0 Å². The number of aromatic nitrogens is 2. The van der Waals surface area contributed by atoms with Crippen LogP contribution in [0, 0.1) is 6.92 Å². The quantitative estimate of drug-likeness (QED) is 0.750. The molecular weight excluding hydrogens is 194 g/mol. The van der Waals surface area contributed by atoms with Gasteiger partial charge in [-0.15, -0.1) is 0 Å². The van der Waals surface area contributed by atoms with Crippen LogP contribution in [-0.4, -0.2) is 34.9 Å². The molecule has 0 aromatic carbocycles. The molecule has 82 valence electrons. The smallest absolute Gasteiger partial charge is 0.255 e. The third-order valence-electron chi connectivity index (χ3n) is 2.71. The maximum Gasteiger partial charge on any atom is 0.255 e. The Morgan fingerprint density at radius 3 is 3.07 bits per heavy atom.